The molecule has 0 fully saturated rings. The molecule has 0 radical (unpaired) electrons. The van der Waals surface area contributed by atoms with Gasteiger partial charge >= 0.3 is 5.97 Å². The largest absolute Gasteiger partial charge is 0.491 e. The van der Waals surface area contributed by atoms with E-state index < -0.39 is 0 Å². The van der Waals surface area contributed by atoms with E-state index in [2.05, 4.69) is 43.0 Å². The maximum atomic E-state index is 11.8. The lowest BCUT2D eigenvalue weighted by molar-refractivity contribution is 0.0600. The molecule has 0 saturated heterocycles. The lowest BCUT2D eigenvalue weighted by Gasteiger charge is -2.34. The lowest BCUT2D eigenvalue weighted by atomic mass is 10.0. The highest BCUT2D eigenvalue weighted by Crippen LogP contribution is 2.31. The Labute approximate surface area is 143 Å². The predicted octanol–water partition coefficient (Wildman–Crippen LogP) is 3.90. The van der Waals surface area contributed by atoms with Crippen molar-refractivity contribution < 1.29 is 14.3 Å². The monoisotopic (exact) mass is 325 g/mol. The molecule has 0 bridgehead atoms. The fourth-order valence-electron chi connectivity index (χ4n) is 3.08. The predicted molar refractivity (Wildman–Crippen MR) is 94.5 cm³/mol. The smallest absolute Gasteiger partial charge is 0.337 e. The normalized spacial score (nSPS) is 17.0. The van der Waals surface area contributed by atoms with Crippen molar-refractivity contribution in [2.24, 2.45) is 5.92 Å². The number of rotatable bonds is 3. The molecule has 1 aliphatic heterocycles. The Kier molecular flexibility index (Phi) is 4.74. The summed E-state index contributed by atoms with van der Waals surface area (Å²) >= 11 is 0. The number of fused-ring (bicyclic) bond motifs is 1. The fourth-order valence-corrected chi connectivity index (χ4v) is 3.08. The summed E-state index contributed by atoms with van der Waals surface area (Å²) in [6, 6.07) is 16.2. The van der Waals surface area contributed by atoms with Gasteiger partial charge in [0.15, 0.2) is 0 Å². The van der Waals surface area contributed by atoms with E-state index in [-0.39, 0.29) is 12.0 Å². The number of methoxy groups -OCH3 is 1. The first kappa shape index (κ1) is 16.4. The molecule has 0 saturated carbocycles. The Morgan fingerprint density at radius 1 is 1.21 bits per heavy atom. The molecule has 0 amide bonds. The Morgan fingerprint density at radius 2 is 1.96 bits per heavy atom. The number of carbonyl (C=O) groups is 1. The van der Waals surface area contributed by atoms with E-state index in [0.717, 1.165) is 17.9 Å². The molecule has 0 aromatic heterocycles. The van der Waals surface area contributed by atoms with Gasteiger partial charge in [0.05, 0.1) is 18.7 Å². The molecule has 2 aromatic carbocycles. The number of carbonyl (C=O) groups excluding carboxylic acids is 1. The topological polar surface area (TPSA) is 38.8 Å². The van der Waals surface area contributed by atoms with E-state index in [1.165, 1.54) is 12.8 Å². The van der Waals surface area contributed by atoms with Gasteiger partial charge in [0, 0.05) is 17.8 Å². The van der Waals surface area contributed by atoms with Gasteiger partial charge in [-0.1, -0.05) is 38.1 Å². The summed E-state index contributed by atoms with van der Waals surface area (Å²) in [4.78, 5) is 14.1. The van der Waals surface area contributed by atoms with E-state index in [1.54, 1.807) is 12.1 Å². The highest BCUT2D eigenvalue weighted by Gasteiger charge is 2.28. The van der Waals surface area contributed by atoms with Gasteiger partial charge in [-0.3, -0.25) is 0 Å². The highest BCUT2D eigenvalue weighted by molar-refractivity contribution is 5.90. The van der Waals surface area contributed by atoms with Gasteiger partial charge in [0.1, 0.15) is 12.4 Å². The zero-order valence-electron chi connectivity index (χ0n) is 14.4. The molecular weight excluding hydrogens is 302 g/mol. The number of benzene rings is 2. The van der Waals surface area contributed by atoms with E-state index >= 15 is 0 Å². The van der Waals surface area contributed by atoms with Gasteiger partial charge in [0.2, 0.25) is 0 Å². The number of para-hydroxylation sites is 1. The van der Waals surface area contributed by atoms with Crippen molar-refractivity contribution in [3.63, 3.8) is 0 Å². The summed E-state index contributed by atoms with van der Waals surface area (Å²) in [7, 11) is 1.39. The second kappa shape index (κ2) is 6.95. The van der Waals surface area contributed by atoms with E-state index in [4.69, 9.17) is 9.47 Å². The minimum absolute atomic E-state index is 0.265. The molecule has 0 N–H and O–H groups in total. The Balaban J connectivity index is 1.97. The van der Waals surface area contributed by atoms with Gasteiger partial charge in [-0.25, -0.2) is 4.79 Å². The summed E-state index contributed by atoms with van der Waals surface area (Å²) in [6.45, 7) is 5.76. The number of nitrogens with zero attached hydrogens (tertiary/aromatic N) is 1. The summed E-state index contributed by atoms with van der Waals surface area (Å²) in [5.41, 5.74) is 2.78. The molecule has 126 valence electrons. The minimum Gasteiger partial charge on any atom is -0.491 e. The molecule has 3 rings (SSSR count). The molecule has 4 nitrogen and oxygen atoms in total. The van der Waals surface area contributed by atoms with Crippen molar-refractivity contribution in [3.8, 4) is 5.75 Å². The first-order chi connectivity index (χ1) is 11.6. The standard InChI is InChI=1S/C20H23NO3/c1-14(2)18-13-24-19-11-15(20(22)23-3)9-10-16(19)12-21(18)17-7-5-4-6-8-17/h4-11,14,18H,12-13H2,1-3H3. The first-order valence-corrected chi connectivity index (χ1v) is 8.26. The quantitative estimate of drug-likeness (QED) is 0.802. The first-order valence-electron chi connectivity index (χ1n) is 8.26. The van der Waals surface area contributed by atoms with Crippen LogP contribution in [0, 0.1) is 5.92 Å². The minimum atomic E-state index is -0.342. The van der Waals surface area contributed by atoms with Crippen LogP contribution >= 0.6 is 0 Å². The molecule has 1 atom stereocenters. The second-order valence-corrected chi connectivity index (χ2v) is 6.40. The van der Waals surface area contributed by atoms with E-state index in [1.807, 2.05) is 12.1 Å². The van der Waals surface area contributed by atoms with Gasteiger partial charge in [-0.2, -0.15) is 0 Å². The summed E-state index contributed by atoms with van der Waals surface area (Å²) in [5.74, 6) is 0.868. The highest BCUT2D eigenvalue weighted by atomic mass is 16.5. The zero-order valence-corrected chi connectivity index (χ0v) is 14.4. The van der Waals surface area contributed by atoms with Gasteiger partial charge in [0.25, 0.3) is 0 Å². The van der Waals surface area contributed by atoms with Crippen molar-refractivity contribution in [3.05, 3.63) is 59.7 Å². The van der Waals surface area contributed by atoms with E-state index in [0.29, 0.717) is 18.1 Å². The van der Waals surface area contributed by atoms with Gasteiger partial charge in [-0.05, 0) is 30.2 Å². The molecular formula is C20H23NO3. The molecule has 1 unspecified atom stereocenters. The van der Waals surface area contributed by atoms with Gasteiger partial charge < -0.3 is 14.4 Å². The summed E-state index contributed by atoms with van der Waals surface area (Å²) < 4.78 is 10.9. The maximum absolute atomic E-state index is 11.8. The average Bonchev–Trinajstić information content (AvgIpc) is 2.80. The van der Waals surface area contributed by atoms with Crippen LogP contribution in [0.4, 0.5) is 5.69 Å². The summed E-state index contributed by atoms with van der Waals surface area (Å²) in [6.07, 6.45) is 0. The third-order valence-corrected chi connectivity index (χ3v) is 4.50. The van der Waals surface area contributed by atoms with Gasteiger partial charge in [-0.15, -0.1) is 0 Å². The number of ether oxygens (including phenoxy) is 2. The Bertz CT molecular complexity index is 712. The van der Waals surface area contributed by atoms with Crippen LogP contribution in [0.15, 0.2) is 48.5 Å². The number of hydrogen-bond donors (Lipinski definition) is 0. The third kappa shape index (κ3) is 3.23. The molecule has 0 aliphatic carbocycles. The molecule has 1 aliphatic rings. The molecule has 0 spiro atoms. The lowest BCUT2D eigenvalue weighted by Crippen LogP contribution is -2.41. The zero-order chi connectivity index (χ0) is 17.1. The van der Waals surface area contributed by atoms with E-state index in [9.17, 15) is 4.79 Å². The SMILES string of the molecule is COC(=O)c1ccc2c(c1)OCC(C(C)C)N(c1ccccc1)C2. The van der Waals surface area contributed by atoms with Crippen LogP contribution in [0.2, 0.25) is 0 Å². The van der Waals surface area contributed by atoms with Crippen molar-refractivity contribution in [1.82, 2.24) is 0 Å². The Morgan fingerprint density at radius 3 is 2.62 bits per heavy atom. The molecule has 24 heavy (non-hydrogen) atoms. The van der Waals surface area contributed by atoms with Crippen LogP contribution < -0.4 is 9.64 Å². The van der Waals surface area contributed by atoms with Crippen LogP contribution in [-0.2, 0) is 11.3 Å². The van der Waals surface area contributed by atoms with Crippen LogP contribution in [-0.4, -0.2) is 25.7 Å². The molecule has 2 aromatic rings. The van der Waals surface area contributed by atoms with Crippen molar-refractivity contribution in [2.75, 3.05) is 18.6 Å². The number of anilines is 1. The van der Waals surface area contributed by atoms with Crippen molar-refractivity contribution in [2.45, 2.75) is 26.4 Å². The van der Waals surface area contributed by atoms with Crippen molar-refractivity contribution in [1.29, 1.82) is 0 Å². The average molecular weight is 325 g/mol. The summed E-state index contributed by atoms with van der Waals surface area (Å²) in [5, 5.41) is 0. The molecule has 1 heterocycles. The number of hydrogen-bond acceptors (Lipinski definition) is 4. The Hall–Kier alpha value is -2.49. The molecule has 4 heteroatoms. The van der Waals surface area contributed by atoms with Crippen LogP contribution in [0.5, 0.6) is 5.75 Å². The van der Waals surface area contributed by atoms with Crippen molar-refractivity contribution >= 4 is 11.7 Å². The fraction of sp³-hybridized carbons (Fsp3) is 0.350. The van der Waals surface area contributed by atoms with Crippen LogP contribution in [0.3, 0.4) is 0 Å². The third-order valence-electron chi connectivity index (χ3n) is 4.50. The number of esters is 1. The van der Waals surface area contributed by atoms with Crippen LogP contribution in [0.25, 0.3) is 0 Å². The van der Waals surface area contributed by atoms with Crippen LogP contribution in [0.1, 0.15) is 29.8 Å². The maximum Gasteiger partial charge on any atom is 0.337 e. The second-order valence-electron chi connectivity index (χ2n) is 6.40.